The molecule has 0 radical (unpaired) electrons. The van der Waals surface area contributed by atoms with E-state index in [1.165, 1.54) is 0 Å². The summed E-state index contributed by atoms with van der Waals surface area (Å²) >= 11 is 0. The Morgan fingerprint density at radius 2 is 1.85 bits per heavy atom. The first-order valence-corrected chi connectivity index (χ1v) is 8.81. The molecule has 1 aromatic heterocycles. The number of aliphatic imine (C=N–C) groups is 1. The van der Waals surface area contributed by atoms with E-state index in [9.17, 15) is 14.7 Å². The minimum atomic E-state index is -0.643. The van der Waals surface area contributed by atoms with Gasteiger partial charge in [-0.25, -0.2) is 4.79 Å². The van der Waals surface area contributed by atoms with Crippen molar-refractivity contribution in [2.75, 3.05) is 26.2 Å². The van der Waals surface area contributed by atoms with Crippen LogP contribution in [0, 0.1) is 0 Å². The Morgan fingerprint density at radius 3 is 2.46 bits per heavy atom. The van der Waals surface area contributed by atoms with E-state index in [0.29, 0.717) is 12.3 Å². The van der Waals surface area contributed by atoms with Gasteiger partial charge >= 0.3 is 5.69 Å². The molecule has 7 heteroatoms. The highest BCUT2D eigenvalue weighted by Crippen LogP contribution is 2.13. The molecule has 0 atom stereocenters. The fraction of sp³-hybridized carbons (Fsp3) is 0.421. The van der Waals surface area contributed by atoms with Crippen LogP contribution in [-0.2, 0) is 6.54 Å². The molecule has 7 nitrogen and oxygen atoms in total. The molecule has 0 bridgehead atoms. The maximum Gasteiger partial charge on any atom is 0.331 e. The van der Waals surface area contributed by atoms with Crippen molar-refractivity contribution >= 4 is 5.71 Å². The van der Waals surface area contributed by atoms with Gasteiger partial charge in [-0.05, 0) is 25.6 Å². The molecule has 1 aromatic carbocycles. The molecule has 0 unspecified atom stereocenters. The summed E-state index contributed by atoms with van der Waals surface area (Å²) in [6, 6.07) is 9.27. The molecule has 2 aromatic rings. The fourth-order valence-corrected chi connectivity index (χ4v) is 2.78. The Bertz CT molecular complexity index is 865. The molecule has 0 saturated carbocycles. The van der Waals surface area contributed by atoms with Gasteiger partial charge in [0, 0.05) is 12.3 Å². The molecule has 0 fully saturated rings. The van der Waals surface area contributed by atoms with Crippen LogP contribution >= 0.6 is 0 Å². The van der Waals surface area contributed by atoms with E-state index in [0.717, 1.165) is 29.8 Å². The number of hydrogen-bond acceptors (Lipinski definition) is 5. The maximum atomic E-state index is 12.2. The van der Waals surface area contributed by atoms with E-state index in [-0.39, 0.29) is 18.0 Å². The van der Waals surface area contributed by atoms with Gasteiger partial charge in [0.1, 0.15) is 5.56 Å². The standard InChI is InChI=1S/C19H26N4O3/c1-4-22(5-2)12-11-20-14(3)16-17(24)21-19(26)23(18(16)25)13-15-9-7-6-8-10-15/h6-10,25H,4-5,11-13H2,1-3H3,(H,21,24,26). The van der Waals surface area contributed by atoms with E-state index in [1.807, 2.05) is 30.3 Å². The van der Waals surface area contributed by atoms with Crippen molar-refractivity contribution in [2.45, 2.75) is 27.3 Å². The third kappa shape index (κ3) is 4.70. The van der Waals surface area contributed by atoms with Gasteiger partial charge in [-0.2, -0.15) is 0 Å². The van der Waals surface area contributed by atoms with Crippen LogP contribution in [0.5, 0.6) is 5.88 Å². The van der Waals surface area contributed by atoms with Gasteiger partial charge in [0.2, 0.25) is 5.88 Å². The Labute approximate surface area is 152 Å². The smallest absolute Gasteiger partial charge is 0.331 e. The summed E-state index contributed by atoms with van der Waals surface area (Å²) in [4.78, 5) is 33.2. The monoisotopic (exact) mass is 358 g/mol. The van der Waals surface area contributed by atoms with Gasteiger partial charge in [0.05, 0.1) is 13.1 Å². The number of H-pyrrole nitrogens is 1. The predicted molar refractivity (Wildman–Crippen MR) is 103 cm³/mol. The topological polar surface area (TPSA) is 90.7 Å². The van der Waals surface area contributed by atoms with Crippen molar-refractivity contribution in [2.24, 2.45) is 4.99 Å². The molecule has 1 heterocycles. The number of benzene rings is 1. The molecule has 2 rings (SSSR count). The third-order valence-corrected chi connectivity index (χ3v) is 4.38. The first kappa shape index (κ1) is 19.7. The zero-order chi connectivity index (χ0) is 19.1. The Kier molecular flexibility index (Phi) is 6.91. The van der Waals surface area contributed by atoms with E-state index < -0.39 is 11.2 Å². The highest BCUT2D eigenvalue weighted by Gasteiger charge is 2.16. The van der Waals surface area contributed by atoms with Gasteiger partial charge in [-0.3, -0.25) is 19.3 Å². The van der Waals surface area contributed by atoms with Gasteiger partial charge in [0.25, 0.3) is 5.56 Å². The maximum absolute atomic E-state index is 12.2. The molecule has 0 amide bonds. The third-order valence-electron chi connectivity index (χ3n) is 4.38. The number of aromatic amines is 1. The van der Waals surface area contributed by atoms with Crippen molar-refractivity contribution < 1.29 is 5.11 Å². The summed E-state index contributed by atoms with van der Waals surface area (Å²) in [7, 11) is 0. The van der Waals surface area contributed by atoms with Crippen molar-refractivity contribution in [3.63, 3.8) is 0 Å². The quantitative estimate of drug-likeness (QED) is 0.699. The second kappa shape index (κ2) is 9.15. The lowest BCUT2D eigenvalue weighted by molar-refractivity contribution is 0.313. The Balaban J connectivity index is 2.32. The lowest BCUT2D eigenvalue weighted by atomic mass is 10.2. The Hall–Kier alpha value is -2.67. The number of hydrogen-bond donors (Lipinski definition) is 2. The van der Waals surface area contributed by atoms with Gasteiger partial charge in [-0.1, -0.05) is 44.2 Å². The lowest BCUT2D eigenvalue weighted by Crippen LogP contribution is -2.34. The van der Waals surface area contributed by atoms with Gasteiger partial charge in [-0.15, -0.1) is 0 Å². The second-order valence-electron chi connectivity index (χ2n) is 6.02. The highest BCUT2D eigenvalue weighted by molar-refractivity contribution is 6.00. The molecule has 0 saturated heterocycles. The SMILES string of the molecule is CCN(CC)CCN=C(C)c1c(O)n(Cc2ccccc2)c(=O)[nH]c1=O. The van der Waals surface area contributed by atoms with Crippen molar-refractivity contribution in [3.05, 3.63) is 62.3 Å². The summed E-state index contributed by atoms with van der Waals surface area (Å²) < 4.78 is 1.15. The van der Waals surface area contributed by atoms with Gasteiger partial charge in [0.15, 0.2) is 0 Å². The van der Waals surface area contributed by atoms with Crippen LogP contribution in [0.2, 0.25) is 0 Å². The number of aromatic hydroxyl groups is 1. The van der Waals surface area contributed by atoms with E-state index in [1.54, 1.807) is 6.92 Å². The average Bonchev–Trinajstić information content (AvgIpc) is 2.63. The first-order valence-electron chi connectivity index (χ1n) is 8.81. The summed E-state index contributed by atoms with van der Waals surface area (Å²) in [5, 5.41) is 10.5. The summed E-state index contributed by atoms with van der Waals surface area (Å²) in [6.07, 6.45) is 0. The zero-order valence-corrected chi connectivity index (χ0v) is 15.5. The van der Waals surface area contributed by atoms with Crippen LogP contribution in [0.4, 0.5) is 0 Å². The highest BCUT2D eigenvalue weighted by atomic mass is 16.3. The minimum Gasteiger partial charge on any atom is -0.494 e. The predicted octanol–water partition coefficient (Wildman–Crippen LogP) is 1.44. The molecular weight excluding hydrogens is 332 g/mol. The van der Waals surface area contributed by atoms with E-state index in [2.05, 4.69) is 28.7 Å². The molecule has 140 valence electrons. The lowest BCUT2D eigenvalue weighted by Gasteiger charge is -2.16. The van der Waals surface area contributed by atoms with Gasteiger partial charge < -0.3 is 10.0 Å². The normalized spacial score (nSPS) is 11.9. The molecule has 0 spiro atoms. The zero-order valence-electron chi connectivity index (χ0n) is 15.5. The van der Waals surface area contributed by atoms with Crippen molar-refractivity contribution in [3.8, 4) is 5.88 Å². The van der Waals surface area contributed by atoms with Crippen molar-refractivity contribution in [1.29, 1.82) is 0 Å². The summed E-state index contributed by atoms with van der Waals surface area (Å²) in [6.45, 7) is 9.15. The number of aromatic nitrogens is 2. The van der Waals surface area contributed by atoms with Crippen LogP contribution in [0.3, 0.4) is 0 Å². The number of likely N-dealkylation sites (N-methyl/N-ethyl adjacent to an activating group) is 1. The summed E-state index contributed by atoms with van der Waals surface area (Å²) in [5.74, 6) is -0.355. The number of nitrogens with one attached hydrogen (secondary N) is 1. The Morgan fingerprint density at radius 1 is 1.19 bits per heavy atom. The molecular formula is C19H26N4O3. The first-order chi connectivity index (χ1) is 12.5. The largest absolute Gasteiger partial charge is 0.494 e. The number of rotatable bonds is 8. The average molecular weight is 358 g/mol. The summed E-state index contributed by atoms with van der Waals surface area (Å²) in [5.41, 5.74) is 0.0359. The second-order valence-corrected chi connectivity index (χ2v) is 6.02. The van der Waals surface area contributed by atoms with E-state index in [4.69, 9.17) is 0 Å². The molecule has 0 aliphatic carbocycles. The molecule has 26 heavy (non-hydrogen) atoms. The van der Waals surface area contributed by atoms with Crippen LogP contribution in [0.25, 0.3) is 0 Å². The van der Waals surface area contributed by atoms with Crippen LogP contribution in [0.1, 0.15) is 31.9 Å². The minimum absolute atomic E-state index is 0.0417. The van der Waals surface area contributed by atoms with Crippen LogP contribution in [0.15, 0.2) is 44.9 Å². The van der Waals surface area contributed by atoms with Crippen molar-refractivity contribution in [1.82, 2.24) is 14.5 Å². The van der Waals surface area contributed by atoms with E-state index >= 15 is 0 Å². The number of nitrogens with zero attached hydrogens (tertiary/aromatic N) is 3. The fourth-order valence-electron chi connectivity index (χ4n) is 2.78. The molecule has 0 aliphatic heterocycles. The molecule has 0 aliphatic rings. The molecule has 2 N–H and O–H groups in total. The van der Waals surface area contributed by atoms with Crippen LogP contribution < -0.4 is 11.2 Å². The van der Waals surface area contributed by atoms with Crippen LogP contribution in [-0.4, -0.2) is 51.4 Å².